The number of nitrogens with one attached hydrogen (secondary N) is 1. The van der Waals surface area contributed by atoms with Crippen LogP contribution in [0.25, 0.3) is 16.7 Å². The molecule has 0 fully saturated rings. The van der Waals surface area contributed by atoms with E-state index < -0.39 is 5.82 Å². The minimum absolute atomic E-state index is 0.273. The van der Waals surface area contributed by atoms with Crippen molar-refractivity contribution in [2.24, 2.45) is 0 Å². The zero-order valence-electron chi connectivity index (χ0n) is 10.4. The number of nitrogens with zero attached hydrogens (tertiary/aromatic N) is 1. The fourth-order valence-corrected chi connectivity index (χ4v) is 2.69. The Kier molecular flexibility index (Phi) is 3.11. The van der Waals surface area contributed by atoms with Crippen molar-refractivity contribution in [2.75, 3.05) is 0 Å². The van der Waals surface area contributed by atoms with Crippen molar-refractivity contribution in [1.29, 1.82) is 0 Å². The summed E-state index contributed by atoms with van der Waals surface area (Å²) in [5.74, 6) is -0.777. The standard InChI is InChI=1S/C14H9ClF2N2S/c1-7-2-13-12(6-11(7)17)18-14(20)19(13)10-4-8(15)3-9(16)5-10/h2-6H,1H3,(H,18,20). The largest absolute Gasteiger partial charge is 0.330 e. The predicted molar refractivity (Wildman–Crippen MR) is 78.1 cm³/mol. The molecular weight excluding hydrogens is 302 g/mol. The third kappa shape index (κ3) is 2.13. The van der Waals surface area contributed by atoms with E-state index in [1.54, 1.807) is 23.6 Å². The number of H-pyrrole nitrogens is 1. The number of hydrogen-bond donors (Lipinski definition) is 1. The van der Waals surface area contributed by atoms with Gasteiger partial charge in [-0.05, 0) is 55.0 Å². The van der Waals surface area contributed by atoms with Crippen molar-refractivity contribution in [3.63, 3.8) is 0 Å². The molecule has 20 heavy (non-hydrogen) atoms. The maximum Gasteiger partial charge on any atom is 0.182 e. The molecule has 0 saturated heterocycles. The Hall–Kier alpha value is -1.72. The van der Waals surface area contributed by atoms with Crippen LogP contribution in [0.1, 0.15) is 5.56 Å². The van der Waals surface area contributed by atoms with Crippen molar-refractivity contribution < 1.29 is 8.78 Å². The zero-order valence-corrected chi connectivity index (χ0v) is 11.9. The molecule has 0 atom stereocenters. The van der Waals surface area contributed by atoms with Crippen molar-refractivity contribution >= 4 is 34.9 Å². The fraction of sp³-hybridized carbons (Fsp3) is 0.0714. The molecular formula is C14H9ClF2N2S. The Labute approximate surface area is 123 Å². The maximum atomic E-state index is 13.6. The Morgan fingerprint density at radius 3 is 2.60 bits per heavy atom. The van der Waals surface area contributed by atoms with Crippen LogP contribution in [0, 0.1) is 23.3 Å². The van der Waals surface area contributed by atoms with E-state index in [2.05, 4.69) is 4.98 Å². The summed E-state index contributed by atoms with van der Waals surface area (Å²) in [7, 11) is 0. The van der Waals surface area contributed by atoms with Crippen LogP contribution in [0.3, 0.4) is 0 Å². The molecule has 1 aromatic heterocycles. The van der Waals surface area contributed by atoms with Crippen LogP contribution in [0.2, 0.25) is 5.02 Å². The third-order valence-electron chi connectivity index (χ3n) is 3.07. The van der Waals surface area contributed by atoms with Crippen molar-refractivity contribution in [3.05, 3.63) is 57.3 Å². The molecule has 1 heterocycles. The second kappa shape index (κ2) is 4.68. The average molecular weight is 311 g/mol. The average Bonchev–Trinajstić information content (AvgIpc) is 2.64. The quantitative estimate of drug-likeness (QED) is 0.632. The van der Waals surface area contributed by atoms with Gasteiger partial charge in [-0.2, -0.15) is 0 Å². The molecule has 6 heteroatoms. The zero-order chi connectivity index (χ0) is 14.4. The summed E-state index contributed by atoms with van der Waals surface area (Å²) in [5, 5.41) is 0.273. The minimum Gasteiger partial charge on any atom is -0.330 e. The molecule has 3 rings (SSSR count). The summed E-state index contributed by atoms with van der Waals surface area (Å²) >= 11 is 11.1. The molecule has 0 aliphatic heterocycles. The summed E-state index contributed by atoms with van der Waals surface area (Å²) in [6.45, 7) is 1.66. The molecule has 0 aliphatic rings. The van der Waals surface area contributed by atoms with E-state index in [1.807, 2.05) is 0 Å². The van der Waals surface area contributed by atoms with Gasteiger partial charge in [-0.15, -0.1) is 0 Å². The molecule has 0 amide bonds. The second-order valence-corrected chi connectivity index (χ2v) is 5.33. The van der Waals surface area contributed by atoms with E-state index in [4.69, 9.17) is 23.8 Å². The number of halogens is 3. The molecule has 0 bridgehead atoms. The maximum absolute atomic E-state index is 13.6. The summed E-state index contributed by atoms with van der Waals surface area (Å²) in [5.41, 5.74) is 2.22. The molecule has 0 unspecified atom stereocenters. The van der Waals surface area contributed by atoms with Crippen LogP contribution >= 0.6 is 23.8 Å². The normalized spacial score (nSPS) is 11.2. The lowest BCUT2D eigenvalue weighted by atomic mass is 10.2. The van der Waals surface area contributed by atoms with Crippen LogP contribution in [0.4, 0.5) is 8.78 Å². The van der Waals surface area contributed by atoms with Crippen LogP contribution < -0.4 is 0 Å². The first-order chi connectivity index (χ1) is 9.45. The van der Waals surface area contributed by atoms with Gasteiger partial charge in [0.1, 0.15) is 11.6 Å². The first-order valence-corrected chi connectivity index (χ1v) is 6.61. The number of aromatic amines is 1. The summed E-state index contributed by atoms with van der Waals surface area (Å²) in [6, 6.07) is 7.18. The molecule has 3 aromatic rings. The van der Waals surface area contributed by atoms with E-state index >= 15 is 0 Å². The fourth-order valence-electron chi connectivity index (χ4n) is 2.16. The van der Waals surface area contributed by atoms with Crippen LogP contribution in [-0.2, 0) is 0 Å². The van der Waals surface area contributed by atoms with Gasteiger partial charge in [-0.1, -0.05) is 11.6 Å². The minimum atomic E-state index is -0.456. The number of fused-ring (bicyclic) bond motifs is 1. The Balaban J connectivity index is 2.38. The number of aromatic nitrogens is 2. The van der Waals surface area contributed by atoms with Gasteiger partial charge in [-0.3, -0.25) is 4.57 Å². The third-order valence-corrected chi connectivity index (χ3v) is 3.57. The summed E-state index contributed by atoms with van der Waals surface area (Å²) in [4.78, 5) is 2.90. The molecule has 0 radical (unpaired) electrons. The first kappa shape index (κ1) is 13.3. The first-order valence-electron chi connectivity index (χ1n) is 5.83. The van der Waals surface area contributed by atoms with E-state index in [9.17, 15) is 8.78 Å². The van der Waals surface area contributed by atoms with Gasteiger partial charge in [-0.25, -0.2) is 8.78 Å². The summed E-state index contributed by atoms with van der Waals surface area (Å²) in [6.07, 6.45) is 0. The van der Waals surface area contributed by atoms with Gasteiger partial charge in [0.05, 0.1) is 16.7 Å². The lowest BCUT2D eigenvalue weighted by Gasteiger charge is -2.06. The number of imidazole rings is 1. The van der Waals surface area contributed by atoms with Gasteiger partial charge >= 0.3 is 0 Å². The van der Waals surface area contributed by atoms with E-state index in [-0.39, 0.29) is 10.8 Å². The van der Waals surface area contributed by atoms with Gasteiger partial charge in [0.15, 0.2) is 4.77 Å². The molecule has 2 aromatic carbocycles. The lowest BCUT2D eigenvalue weighted by Crippen LogP contribution is -1.95. The Bertz CT molecular complexity index is 862. The highest BCUT2D eigenvalue weighted by molar-refractivity contribution is 7.71. The smallest absolute Gasteiger partial charge is 0.182 e. The lowest BCUT2D eigenvalue weighted by molar-refractivity contribution is 0.620. The molecule has 1 N–H and O–H groups in total. The number of benzene rings is 2. The van der Waals surface area contributed by atoms with Crippen molar-refractivity contribution in [2.45, 2.75) is 6.92 Å². The predicted octanol–water partition coefficient (Wildman–Crippen LogP) is 4.93. The van der Waals surface area contributed by atoms with Gasteiger partial charge in [0.2, 0.25) is 0 Å². The highest BCUT2D eigenvalue weighted by Crippen LogP contribution is 2.25. The topological polar surface area (TPSA) is 20.7 Å². The van der Waals surface area contributed by atoms with Crippen molar-refractivity contribution in [3.8, 4) is 5.69 Å². The summed E-state index contributed by atoms with van der Waals surface area (Å²) < 4.78 is 29.1. The SMILES string of the molecule is Cc1cc2c(cc1F)[nH]c(=S)n2-c1cc(F)cc(Cl)c1. The molecule has 0 saturated carbocycles. The molecule has 2 nitrogen and oxygen atoms in total. The monoisotopic (exact) mass is 310 g/mol. The van der Waals surface area contributed by atoms with Gasteiger partial charge in [0.25, 0.3) is 0 Å². The molecule has 0 aliphatic carbocycles. The van der Waals surface area contributed by atoms with E-state index in [0.717, 1.165) is 0 Å². The van der Waals surface area contributed by atoms with Crippen LogP contribution in [0.15, 0.2) is 30.3 Å². The highest BCUT2D eigenvalue weighted by atomic mass is 35.5. The number of hydrogen-bond acceptors (Lipinski definition) is 1. The molecule has 0 spiro atoms. The van der Waals surface area contributed by atoms with E-state index in [1.165, 1.54) is 18.2 Å². The van der Waals surface area contributed by atoms with Crippen molar-refractivity contribution in [1.82, 2.24) is 9.55 Å². The van der Waals surface area contributed by atoms with Gasteiger partial charge < -0.3 is 4.98 Å². The van der Waals surface area contributed by atoms with Crippen LogP contribution in [0.5, 0.6) is 0 Å². The number of aryl methyl sites for hydroxylation is 1. The van der Waals surface area contributed by atoms with E-state index in [0.29, 0.717) is 27.1 Å². The Morgan fingerprint density at radius 2 is 1.90 bits per heavy atom. The number of rotatable bonds is 1. The second-order valence-electron chi connectivity index (χ2n) is 4.51. The molecule has 102 valence electrons. The Morgan fingerprint density at radius 1 is 1.15 bits per heavy atom. The van der Waals surface area contributed by atoms with Gasteiger partial charge in [0, 0.05) is 5.02 Å². The van der Waals surface area contributed by atoms with Crippen LogP contribution in [-0.4, -0.2) is 9.55 Å². The highest BCUT2D eigenvalue weighted by Gasteiger charge is 2.11.